The Morgan fingerprint density at radius 3 is 2.81 bits per heavy atom. The highest BCUT2D eigenvalue weighted by atomic mass is 35.5. The monoisotopic (exact) mass is 405 g/mol. The molecule has 1 fully saturated rings. The van der Waals surface area contributed by atoms with Crippen molar-refractivity contribution >= 4 is 28.3 Å². The van der Waals surface area contributed by atoms with E-state index in [2.05, 4.69) is 15.7 Å². The van der Waals surface area contributed by atoms with Crippen LogP contribution in [0.1, 0.15) is 37.6 Å². The van der Waals surface area contributed by atoms with Crippen molar-refractivity contribution in [2.75, 3.05) is 25.9 Å². The summed E-state index contributed by atoms with van der Waals surface area (Å²) in [5.74, 6) is 0.0423. The maximum absolute atomic E-state index is 12.5. The van der Waals surface area contributed by atoms with Crippen LogP contribution in [0.25, 0.3) is 0 Å². The predicted molar refractivity (Wildman–Crippen MR) is 101 cm³/mol. The summed E-state index contributed by atoms with van der Waals surface area (Å²) in [6.07, 6.45) is 3.86. The second-order valence-electron chi connectivity index (χ2n) is 7.32. The fourth-order valence-electron chi connectivity index (χ4n) is 3.50. The largest absolute Gasteiger partial charge is 0.350 e. The Morgan fingerprint density at radius 2 is 2.15 bits per heavy atom. The van der Waals surface area contributed by atoms with E-state index in [4.69, 9.17) is 0 Å². The van der Waals surface area contributed by atoms with Crippen LogP contribution in [-0.2, 0) is 34.5 Å². The van der Waals surface area contributed by atoms with Crippen LogP contribution in [-0.4, -0.2) is 54.3 Å². The van der Waals surface area contributed by atoms with Crippen molar-refractivity contribution in [3.8, 4) is 0 Å². The van der Waals surface area contributed by atoms with Crippen LogP contribution in [0.2, 0.25) is 0 Å². The standard InChI is InChI=1S/C16H27N5O3S.ClH/c1-16(5-3-6-17-12-16)15(22)18-10-13-9-14-11-20(25(2,23)24)7-4-8-21(14)19-13;/h9,17H,3-8,10-12H2,1-2H3,(H,18,22);1H. The Kier molecular flexibility index (Phi) is 6.70. The van der Waals surface area contributed by atoms with Crippen molar-refractivity contribution in [2.24, 2.45) is 5.41 Å². The number of nitrogens with one attached hydrogen (secondary N) is 2. The van der Waals surface area contributed by atoms with E-state index in [1.54, 1.807) is 0 Å². The maximum Gasteiger partial charge on any atom is 0.227 e. The third-order valence-corrected chi connectivity index (χ3v) is 6.32. The summed E-state index contributed by atoms with van der Waals surface area (Å²) in [5.41, 5.74) is 1.27. The van der Waals surface area contributed by atoms with E-state index >= 15 is 0 Å². The van der Waals surface area contributed by atoms with Gasteiger partial charge in [-0.1, -0.05) is 0 Å². The quantitative estimate of drug-likeness (QED) is 0.759. The molecule has 2 N–H and O–H groups in total. The summed E-state index contributed by atoms with van der Waals surface area (Å²) in [4.78, 5) is 12.5. The van der Waals surface area contributed by atoms with E-state index in [-0.39, 0.29) is 23.7 Å². The number of halogens is 1. The molecular weight excluding hydrogens is 378 g/mol. The van der Waals surface area contributed by atoms with Gasteiger partial charge >= 0.3 is 0 Å². The minimum Gasteiger partial charge on any atom is -0.350 e. The number of hydrogen-bond acceptors (Lipinski definition) is 5. The molecule has 0 aromatic carbocycles. The van der Waals surface area contributed by atoms with Gasteiger partial charge in [-0.15, -0.1) is 12.4 Å². The van der Waals surface area contributed by atoms with E-state index in [1.807, 2.05) is 17.7 Å². The summed E-state index contributed by atoms with van der Waals surface area (Å²) < 4.78 is 27.0. The fraction of sp³-hybridized carbons (Fsp3) is 0.750. The summed E-state index contributed by atoms with van der Waals surface area (Å²) >= 11 is 0. The number of hydrogen-bond donors (Lipinski definition) is 2. The Bertz CT molecular complexity index is 743. The lowest BCUT2D eigenvalue weighted by Crippen LogP contribution is -2.48. The molecule has 148 valence electrons. The minimum absolute atomic E-state index is 0. The SMILES string of the molecule is CC1(C(=O)NCc2cc3n(n2)CCCN(S(C)(=O)=O)C3)CCCNC1.Cl. The van der Waals surface area contributed by atoms with Crippen LogP contribution in [0.4, 0.5) is 0 Å². The third kappa shape index (κ3) is 4.76. The molecule has 2 aliphatic heterocycles. The first kappa shape index (κ1) is 21.1. The number of piperidine rings is 1. The number of sulfonamides is 1. The number of aryl methyl sites for hydroxylation is 1. The molecule has 3 rings (SSSR count). The van der Waals surface area contributed by atoms with Crippen molar-refractivity contribution in [3.63, 3.8) is 0 Å². The van der Waals surface area contributed by atoms with Crippen LogP contribution in [0.3, 0.4) is 0 Å². The molecule has 1 aromatic heterocycles. The molecule has 0 bridgehead atoms. The minimum atomic E-state index is -3.22. The zero-order valence-electron chi connectivity index (χ0n) is 15.3. The normalized spacial score (nSPS) is 24.2. The molecule has 0 aliphatic carbocycles. The Balaban J connectivity index is 0.00000243. The molecule has 1 unspecified atom stereocenters. The predicted octanol–water partition coefficient (Wildman–Crippen LogP) is 0.476. The van der Waals surface area contributed by atoms with E-state index in [1.165, 1.54) is 10.6 Å². The molecule has 0 spiro atoms. The van der Waals surface area contributed by atoms with E-state index in [0.29, 0.717) is 32.7 Å². The topological polar surface area (TPSA) is 96.3 Å². The first-order valence-corrected chi connectivity index (χ1v) is 10.6. The van der Waals surface area contributed by atoms with Gasteiger partial charge in [0.2, 0.25) is 15.9 Å². The molecular formula is C16H28ClN5O3S. The van der Waals surface area contributed by atoms with Crippen molar-refractivity contribution < 1.29 is 13.2 Å². The van der Waals surface area contributed by atoms with Gasteiger partial charge in [-0.05, 0) is 38.8 Å². The second kappa shape index (κ2) is 8.24. The maximum atomic E-state index is 12.5. The second-order valence-corrected chi connectivity index (χ2v) is 9.31. The van der Waals surface area contributed by atoms with E-state index in [9.17, 15) is 13.2 Å². The van der Waals surface area contributed by atoms with Gasteiger partial charge in [0, 0.05) is 19.6 Å². The number of amides is 1. The first-order valence-electron chi connectivity index (χ1n) is 8.78. The molecule has 26 heavy (non-hydrogen) atoms. The van der Waals surface area contributed by atoms with Crippen molar-refractivity contribution in [2.45, 2.75) is 45.8 Å². The Morgan fingerprint density at radius 1 is 1.38 bits per heavy atom. The van der Waals surface area contributed by atoms with Crippen LogP contribution >= 0.6 is 12.4 Å². The molecule has 8 nitrogen and oxygen atoms in total. The van der Waals surface area contributed by atoms with Crippen molar-refractivity contribution in [3.05, 3.63) is 17.5 Å². The molecule has 2 aliphatic rings. The smallest absolute Gasteiger partial charge is 0.227 e. The van der Waals surface area contributed by atoms with E-state index < -0.39 is 10.0 Å². The summed E-state index contributed by atoms with van der Waals surface area (Å²) in [5, 5.41) is 10.8. The van der Waals surface area contributed by atoms with Crippen molar-refractivity contribution in [1.29, 1.82) is 0 Å². The first-order chi connectivity index (χ1) is 11.8. The van der Waals surface area contributed by atoms with Crippen molar-refractivity contribution in [1.82, 2.24) is 24.7 Å². The number of carbonyl (C=O) groups is 1. The molecule has 0 saturated carbocycles. The van der Waals surface area contributed by atoms with Crippen LogP contribution in [0.15, 0.2) is 6.07 Å². The number of rotatable bonds is 4. The summed E-state index contributed by atoms with van der Waals surface area (Å²) in [6.45, 7) is 5.56. The highest BCUT2D eigenvalue weighted by Crippen LogP contribution is 2.25. The molecule has 3 heterocycles. The third-order valence-electron chi connectivity index (χ3n) is 5.07. The average Bonchev–Trinajstić information content (AvgIpc) is 2.82. The molecule has 1 atom stereocenters. The Hall–Kier alpha value is -1.16. The lowest BCUT2D eigenvalue weighted by atomic mass is 9.82. The molecule has 1 saturated heterocycles. The zero-order chi connectivity index (χ0) is 18.1. The molecule has 10 heteroatoms. The average molecular weight is 406 g/mol. The van der Waals surface area contributed by atoms with E-state index in [0.717, 1.165) is 37.2 Å². The van der Waals surface area contributed by atoms with Crippen LogP contribution in [0.5, 0.6) is 0 Å². The highest BCUT2D eigenvalue weighted by Gasteiger charge is 2.34. The number of fused-ring (bicyclic) bond motifs is 1. The molecule has 0 radical (unpaired) electrons. The summed E-state index contributed by atoms with van der Waals surface area (Å²) in [7, 11) is -3.22. The van der Waals surface area contributed by atoms with Gasteiger partial charge in [-0.2, -0.15) is 9.40 Å². The number of carbonyl (C=O) groups excluding carboxylic acids is 1. The van der Waals surface area contributed by atoms with Gasteiger partial charge in [0.1, 0.15) is 0 Å². The van der Waals surface area contributed by atoms with Crippen LogP contribution in [0, 0.1) is 5.41 Å². The fourth-order valence-corrected chi connectivity index (χ4v) is 4.32. The summed E-state index contributed by atoms with van der Waals surface area (Å²) in [6, 6.07) is 1.89. The lowest BCUT2D eigenvalue weighted by molar-refractivity contribution is -0.131. The molecule has 1 amide bonds. The molecule has 1 aromatic rings. The highest BCUT2D eigenvalue weighted by molar-refractivity contribution is 7.88. The van der Waals surface area contributed by atoms with Gasteiger partial charge in [0.25, 0.3) is 0 Å². The van der Waals surface area contributed by atoms with Crippen LogP contribution < -0.4 is 10.6 Å². The van der Waals surface area contributed by atoms with Gasteiger partial charge in [-0.25, -0.2) is 8.42 Å². The van der Waals surface area contributed by atoms with Gasteiger partial charge in [0.05, 0.1) is 36.1 Å². The lowest BCUT2D eigenvalue weighted by Gasteiger charge is -2.32. The number of nitrogens with zero attached hydrogens (tertiary/aromatic N) is 3. The zero-order valence-corrected chi connectivity index (χ0v) is 17.0. The number of aromatic nitrogens is 2. The van der Waals surface area contributed by atoms with Gasteiger partial charge in [0.15, 0.2) is 0 Å². The van der Waals surface area contributed by atoms with Gasteiger partial charge in [-0.3, -0.25) is 9.48 Å². The van der Waals surface area contributed by atoms with Gasteiger partial charge < -0.3 is 10.6 Å². The Labute approximate surface area is 161 Å².